The van der Waals surface area contributed by atoms with Gasteiger partial charge in [-0.25, -0.2) is 4.98 Å². The summed E-state index contributed by atoms with van der Waals surface area (Å²) in [5.41, 5.74) is 0.664. The highest BCUT2D eigenvalue weighted by Gasteiger charge is 2.15. The maximum absolute atomic E-state index is 12.4. The van der Waals surface area contributed by atoms with E-state index in [1.54, 1.807) is 15.9 Å². The zero-order valence-corrected chi connectivity index (χ0v) is 15.8. The van der Waals surface area contributed by atoms with E-state index in [0.29, 0.717) is 21.9 Å². The Balaban J connectivity index is 1.71. The van der Waals surface area contributed by atoms with Crippen LogP contribution < -0.4 is 10.9 Å². The van der Waals surface area contributed by atoms with Crippen molar-refractivity contribution in [3.63, 3.8) is 0 Å². The Bertz CT molecular complexity index is 899. The lowest BCUT2D eigenvalue weighted by Crippen LogP contribution is -2.28. The van der Waals surface area contributed by atoms with E-state index in [2.05, 4.69) is 10.3 Å². The minimum atomic E-state index is -0.0665. The number of carbonyl (C=O) groups excluding carboxylic acids is 1. The van der Waals surface area contributed by atoms with Gasteiger partial charge < -0.3 is 5.32 Å². The summed E-state index contributed by atoms with van der Waals surface area (Å²) < 4.78 is 2.29. The SMILES string of the molecule is CCn1c(SCC(=O)N[C@@H](C)c2cccs2)nc2ccsc2c1=O. The molecular formula is C16H17N3O2S3. The third kappa shape index (κ3) is 3.55. The number of nitrogens with zero attached hydrogens (tertiary/aromatic N) is 2. The highest BCUT2D eigenvalue weighted by atomic mass is 32.2. The van der Waals surface area contributed by atoms with Gasteiger partial charge in [-0.2, -0.15) is 0 Å². The monoisotopic (exact) mass is 379 g/mol. The second-order valence-corrected chi connectivity index (χ2v) is 8.01. The molecule has 0 aliphatic carbocycles. The molecule has 0 unspecified atom stereocenters. The molecular weight excluding hydrogens is 362 g/mol. The van der Waals surface area contributed by atoms with E-state index in [1.807, 2.05) is 42.8 Å². The highest BCUT2D eigenvalue weighted by Crippen LogP contribution is 2.22. The molecule has 0 aliphatic heterocycles. The first-order valence-electron chi connectivity index (χ1n) is 7.53. The van der Waals surface area contributed by atoms with Crippen LogP contribution in [-0.4, -0.2) is 21.2 Å². The lowest BCUT2D eigenvalue weighted by Gasteiger charge is -2.13. The Morgan fingerprint density at radius 3 is 2.92 bits per heavy atom. The summed E-state index contributed by atoms with van der Waals surface area (Å²) >= 11 is 4.32. The van der Waals surface area contributed by atoms with Crippen LogP contribution in [-0.2, 0) is 11.3 Å². The van der Waals surface area contributed by atoms with Gasteiger partial charge in [-0.05, 0) is 36.7 Å². The smallest absolute Gasteiger partial charge is 0.272 e. The number of nitrogens with one attached hydrogen (secondary N) is 1. The first-order chi connectivity index (χ1) is 11.6. The molecule has 1 atom stereocenters. The first kappa shape index (κ1) is 17.2. The molecule has 3 aromatic rings. The fraction of sp³-hybridized carbons (Fsp3) is 0.312. The molecule has 1 amide bonds. The Labute approximate surface area is 151 Å². The van der Waals surface area contributed by atoms with Crippen LogP contribution in [0.1, 0.15) is 24.8 Å². The van der Waals surface area contributed by atoms with Gasteiger partial charge >= 0.3 is 0 Å². The van der Waals surface area contributed by atoms with Gasteiger partial charge in [-0.3, -0.25) is 14.2 Å². The van der Waals surface area contributed by atoms with Crippen molar-refractivity contribution in [2.75, 3.05) is 5.75 Å². The quantitative estimate of drug-likeness (QED) is 0.526. The van der Waals surface area contributed by atoms with E-state index in [0.717, 1.165) is 4.88 Å². The predicted octanol–water partition coefficient (Wildman–Crippen LogP) is 3.51. The van der Waals surface area contributed by atoms with Crippen LogP contribution >= 0.6 is 34.4 Å². The molecule has 0 saturated carbocycles. The fourth-order valence-corrected chi connectivity index (χ4v) is 4.72. The van der Waals surface area contributed by atoms with Crippen LogP contribution in [0.5, 0.6) is 0 Å². The molecule has 0 fully saturated rings. The summed E-state index contributed by atoms with van der Waals surface area (Å²) in [6.07, 6.45) is 0. The lowest BCUT2D eigenvalue weighted by atomic mass is 10.3. The molecule has 0 bridgehead atoms. The van der Waals surface area contributed by atoms with Crippen LogP contribution in [0.15, 0.2) is 38.9 Å². The van der Waals surface area contributed by atoms with E-state index >= 15 is 0 Å². The van der Waals surface area contributed by atoms with Crippen molar-refractivity contribution in [3.05, 3.63) is 44.2 Å². The number of hydrogen-bond donors (Lipinski definition) is 1. The van der Waals surface area contributed by atoms with Crippen LogP contribution in [0.3, 0.4) is 0 Å². The predicted molar refractivity (Wildman–Crippen MR) is 101 cm³/mol. The normalized spacial score (nSPS) is 12.4. The number of thioether (sulfide) groups is 1. The molecule has 8 heteroatoms. The van der Waals surface area contributed by atoms with Gasteiger partial charge in [-0.1, -0.05) is 17.8 Å². The van der Waals surface area contributed by atoms with Crippen molar-refractivity contribution < 1.29 is 4.79 Å². The topological polar surface area (TPSA) is 64.0 Å². The number of aromatic nitrogens is 2. The highest BCUT2D eigenvalue weighted by molar-refractivity contribution is 7.99. The Kier molecular flexibility index (Phi) is 5.37. The average Bonchev–Trinajstić information content (AvgIpc) is 3.24. The molecule has 126 valence electrons. The summed E-state index contributed by atoms with van der Waals surface area (Å²) in [6, 6.07) is 5.80. The Hall–Kier alpha value is -1.64. The molecule has 24 heavy (non-hydrogen) atoms. The summed E-state index contributed by atoms with van der Waals surface area (Å²) in [4.78, 5) is 30.3. The number of carbonyl (C=O) groups is 1. The fourth-order valence-electron chi connectivity index (χ4n) is 2.33. The third-order valence-corrected chi connectivity index (χ3v) is 6.45. The Morgan fingerprint density at radius 2 is 2.21 bits per heavy atom. The van der Waals surface area contributed by atoms with Gasteiger partial charge in [0.05, 0.1) is 17.3 Å². The van der Waals surface area contributed by atoms with E-state index in [1.165, 1.54) is 23.1 Å². The maximum Gasteiger partial charge on any atom is 0.272 e. The van der Waals surface area contributed by atoms with Gasteiger partial charge in [0.25, 0.3) is 5.56 Å². The van der Waals surface area contributed by atoms with Crippen molar-refractivity contribution in [1.82, 2.24) is 14.9 Å². The molecule has 1 N–H and O–H groups in total. The van der Waals surface area contributed by atoms with E-state index in [-0.39, 0.29) is 23.3 Å². The molecule has 0 radical (unpaired) electrons. The van der Waals surface area contributed by atoms with Crippen LogP contribution in [0, 0.1) is 0 Å². The third-order valence-electron chi connectivity index (χ3n) is 3.53. The van der Waals surface area contributed by atoms with Gasteiger partial charge in [0.15, 0.2) is 5.16 Å². The summed E-state index contributed by atoms with van der Waals surface area (Å²) in [5.74, 6) is 0.167. The zero-order chi connectivity index (χ0) is 17.1. The van der Waals surface area contributed by atoms with Crippen LogP contribution in [0.25, 0.3) is 10.2 Å². The largest absolute Gasteiger partial charge is 0.348 e. The maximum atomic E-state index is 12.4. The van der Waals surface area contributed by atoms with Crippen molar-refractivity contribution in [3.8, 4) is 0 Å². The average molecular weight is 380 g/mol. The van der Waals surface area contributed by atoms with Crippen LogP contribution in [0.4, 0.5) is 0 Å². The van der Waals surface area contributed by atoms with Crippen molar-refractivity contribution in [2.24, 2.45) is 0 Å². The molecule has 0 aliphatic rings. The van der Waals surface area contributed by atoms with Gasteiger partial charge in [0.1, 0.15) is 4.70 Å². The van der Waals surface area contributed by atoms with Crippen molar-refractivity contribution >= 4 is 50.6 Å². The molecule has 0 spiro atoms. The molecule has 3 aromatic heterocycles. The van der Waals surface area contributed by atoms with Gasteiger partial charge in [0, 0.05) is 11.4 Å². The first-order valence-corrected chi connectivity index (χ1v) is 10.3. The second-order valence-electron chi connectivity index (χ2n) is 5.17. The minimum absolute atomic E-state index is 0.0150. The molecule has 3 heterocycles. The minimum Gasteiger partial charge on any atom is -0.348 e. The van der Waals surface area contributed by atoms with Gasteiger partial charge in [-0.15, -0.1) is 22.7 Å². The molecule has 5 nitrogen and oxygen atoms in total. The van der Waals surface area contributed by atoms with Crippen molar-refractivity contribution in [1.29, 1.82) is 0 Å². The second kappa shape index (κ2) is 7.50. The number of rotatable bonds is 6. The van der Waals surface area contributed by atoms with Gasteiger partial charge in [0.2, 0.25) is 5.91 Å². The summed E-state index contributed by atoms with van der Waals surface area (Å²) in [5, 5.41) is 7.42. The van der Waals surface area contributed by atoms with E-state index < -0.39 is 0 Å². The number of hydrogen-bond acceptors (Lipinski definition) is 6. The lowest BCUT2D eigenvalue weighted by molar-refractivity contribution is -0.119. The van der Waals surface area contributed by atoms with Crippen molar-refractivity contribution in [2.45, 2.75) is 31.6 Å². The van der Waals surface area contributed by atoms with E-state index in [9.17, 15) is 9.59 Å². The number of thiophene rings is 2. The number of amides is 1. The zero-order valence-electron chi connectivity index (χ0n) is 13.3. The Morgan fingerprint density at radius 1 is 1.38 bits per heavy atom. The van der Waals surface area contributed by atoms with Crippen LogP contribution in [0.2, 0.25) is 0 Å². The number of fused-ring (bicyclic) bond motifs is 1. The summed E-state index contributed by atoms with van der Waals surface area (Å²) in [7, 11) is 0. The molecule has 0 saturated heterocycles. The summed E-state index contributed by atoms with van der Waals surface area (Å²) in [6.45, 7) is 4.41. The molecule has 3 rings (SSSR count). The van der Waals surface area contributed by atoms with E-state index in [4.69, 9.17) is 0 Å². The standard InChI is InChI=1S/C16H17N3O2S3/c1-3-19-15(21)14-11(6-8-23-14)18-16(19)24-9-13(20)17-10(2)12-5-4-7-22-12/h4-8,10H,3,9H2,1-2H3,(H,17,20)/t10-/m0/s1. The molecule has 0 aromatic carbocycles.